The third-order valence-electron chi connectivity index (χ3n) is 15.9. The van der Waals surface area contributed by atoms with E-state index in [1.807, 2.05) is 0 Å². The number of aromatic nitrogens is 1. The van der Waals surface area contributed by atoms with E-state index >= 15 is 0 Å². The largest absolute Gasteiger partial charge is 0.309 e. The fourth-order valence-corrected chi connectivity index (χ4v) is 9.81. The summed E-state index contributed by atoms with van der Waals surface area (Å²) in [4.78, 5) is 0. The van der Waals surface area contributed by atoms with Crippen LogP contribution in [0.1, 0.15) is 122 Å². The molecule has 0 N–H and O–H groups in total. The van der Waals surface area contributed by atoms with Crippen LogP contribution in [-0.4, -0.2) is 4.57 Å². The highest BCUT2D eigenvalue weighted by molar-refractivity contribution is 6.11. The third-order valence-corrected chi connectivity index (χ3v) is 15.9. The topological polar surface area (TPSA) is 4.93 Å². The van der Waals surface area contributed by atoms with Gasteiger partial charge < -0.3 is 4.57 Å². The molecular formula is C51H61N. The maximum absolute atomic E-state index is 2.57. The first-order valence-corrected chi connectivity index (χ1v) is 19.5. The summed E-state index contributed by atoms with van der Waals surface area (Å²) in [5.41, 5.74) is 17.2. The summed E-state index contributed by atoms with van der Waals surface area (Å²) in [7, 11) is 0. The molecule has 52 heavy (non-hydrogen) atoms. The second-order valence-electron chi connectivity index (χ2n) is 19.4. The van der Waals surface area contributed by atoms with Gasteiger partial charge in [0, 0.05) is 16.5 Å². The minimum absolute atomic E-state index is 0.0738. The monoisotopic (exact) mass is 687 g/mol. The van der Waals surface area contributed by atoms with Crippen LogP contribution in [0.25, 0.3) is 38.6 Å². The SMILES string of the molecule is Cc1ccc(-n2c3cc4c(cc3c3cc5c(cc32)C(C)(C)C(C)(C)C5(C)C)C(C)(C)C(C)(C)C4(C)C)cc1.Cc1ccccc1-c1ccccc1C. The van der Waals surface area contributed by atoms with Gasteiger partial charge in [0.05, 0.1) is 11.0 Å². The van der Waals surface area contributed by atoms with Crippen molar-refractivity contribution in [3.05, 3.63) is 136 Å². The predicted molar refractivity (Wildman–Crippen MR) is 227 cm³/mol. The molecule has 2 aliphatic carbocycles. The van der Waals surface area contributed by atoms with E-state index in [1.165, 1.54) is 77.6 Å². The number of rotatable bonds is 2. The quantitative estimate of drug-likeness (QED) is 0.171. The molecule has 0 atom stereocenters. The van der Waals surface area contributed by atoms with Gasteiger partial charge in [0.2, 0.25) is 0 Å². The predicted octanol–water partition coefficient (Wildman–Crippen LogP) is 14.3. The molecule has 6 aromatic rings. The summed E-state index contributed by atoms with van der Waals surface area (Å²) in [5, 5.41) is 2.78. The Labute approximate surface area is 314 Å². The number of aryl methyl sites for hydroxylation is 3. The Morgan fingerprint density at radius 2 is 0.712 bits per heavy atom. The minimum atomic E-state index is 0.0738. The van der Waals surface area contributed by atoms with Crippen molar-refractivity contribution in [2.45, 2.75) is 126 Å². The lowest BCUT2D eigenvalue weighted by atomic mass is 9.59. The van der Waals surface area contributed by atoms with E-state index in [-0.39, 0.29) is 32.5 Å². The molecule has 5 aromatic carbocycles. The zero-order chi connectivity index (χ0) is 38.0. The molecule has 0 aliphatic heterocycles. The fraction of sp³-hybridized carbons (Fsp3) is 0.412. The van der Waals surface area contributed by atoms with Crippen molar-refractivity contribution in [2.24, 2.45) is 10.8 Å². The lowest BCUT2D eigenvalue weighted by Crippen LogP contribution is -2.42. The van der Waals surface area contributed by atoms with Gasteiger partial charge in [0.1, 0.15) is 0 Å². The molecule has 0 bridgehead atoms. The van der Waals surface area contributed by atoms with Gasteiger partial charge in [0.15, 0.2) is 0 Å². The van der Waals surface area contributed by atoms with Crippen LogP contribution in [0.2, 0.25) is 0 Å². The van der Waals surface area contributed by atoms with E-state index in [1.54, 1.807) is 0 Å². The molecule has 1 aromatic heterocycles. The Kier molecular flexibility index (Phi) is 7.98. The number of fused-ring (bicyclic) bond motifs is 5. The molecule has 0 fully saturated rings. The molecule has 0 unspecified atom stereocenters. The molecule has 270 valence electrons. The van der Waals surface area contributed by atoms with Gasteiger partial charge in [-0.2, -0.15) is 0 Å². The Hall–Kier alpha value is -4.10. The second kappa shape index (κ2) is 11.4. The van der Waals surface area contributed by atoms with Crippen LogP contribution in [0.3, 0.4) is 0 Å². The van der Waals surface area contributed by atoms with Crippen LogP contribution in [0, 0.1) is 31.6 Å². The molecule has 0 spiro atoms. The summed E-state index contributed by atoms with van der Waals surface area (Å²) in [6, 6.07) is 36.3. The van der Waals surface area contributed by atoms with Crippen molar-refractivity contribution in [3.8, 4) is 16.8 Å². The molecule has 0 radical (unpaired) electrons. The van der Waals surface area contributed by atoms with Crippen LogP contribution in [0.5, 0.6) is 0 Å². The van der Waals surface area contributed by atoms with Crippen molar-refractivity contribution in [1.82, 2.24) is 4.57 Å². The van der Waals surface area contributed by atoms with Crippen molar-refractivity contribution in [1.29, 1.82) is 0 Å². The zero-order valence-corrected chi connectivity index (χ0v) is 34.7. The molecular weight excluding hydrogens is 627 g/mol. The Bertz CT molecular complexity index is 2220. The van der Waals surface area contributed by atoms with E-state index in [4.69, 9.17) is 0 Å². The maximum atomic E-state index is 2.57. The van der Waals surface area contributed by atoms with Gasteiger partial charge in [0.25, 0.3) is 0 Å². The van der Waals surface area contributed by atoms with Crippen molar-refractivity contribution in [2.75, 3.05) is 0 Å². The van der Waals surface area contributed by atoms with Gasteiger partial charge in [-0.15, -0.1) is 0 Å². The van der Waals surface area contributed by atoms with Gasteiger partial charge in [-0.1, -0.05) is 149 Å². The molecule has 0 saturated heterocycles. The van der Waals surface area contributed by atoms with Gasteiger partial charge in [-0.05, 0) is 134 Å². The van der Waals surface area contributed by atoms with Gasteiger partial charge in [-0.3, -0.25) is 0 Å². The summed E-state index contributed by atoms with van der Waals surface area (Å²) in [6.07, 6.45) is 0. The van der Waals surface area contributed by atoms with E-state index in [9.17, 15) is 0 Å². The second-order valence-corrected chi connectivity index (χ2v) is 19.4. The van der Waals surface area contributed by atoms with Gasteiger partial charge in [-0.25, -0.2) is 0 Å². The number of hydrogen-bond acceptors (Lipinski definition) is 0. The van der Waals surface area contributed by atoms with Crippen LogP contribution in [0.15, 0.2) is 97.1 Å². The van der Waals surface area contributed by atoms with Crippen molar-refractivity contribution >= 4 is 21.8 Å². The summed E-state index contributed by atoms with van der Waals surface area (Å²) in [5.74, 6) is 0. The summed E-state index contributed by atoms with van der Waals surface area (Å²) >= 11 is 0. The molecule has 1 heteroatoms. The van der Waals surface area contributed by atoms with Crippen LogP contribution in [-0.2, 0) is 21.7 Å². The lowest BCUT2D eigenvalue weighted by molar-refractivity contribution is 0.125. The van der Waals surface area contributed by atoms with Crippen LogP contribution in [0.4, 0.5) is 0 Å². The molecule has 0 amide bonds. The highest BCUT2D eigenvalue weighted by Gasteiger charge is 2.58. The summed E-state index contributed by atoms with van der Waals surface area (Å²) in [6.45, 7) is 36.0. The fourth-order valence-electron chi connectivity index (χ4n) is 9.81. The smallest absolute Gasteiger partial charge is 0.0544 e. The van der Waals surface area contributed by atoms with E-state index < -0.39 is 0 Å². The summed E-state index contributed by atoms with van der Waals surface area (Å²) < 4.78 is 2.55. The molecule has 0 saturated carbocycles. The third kappa shape index (κ3) is 4.73. The Morgan fingerprint density at radius 1 is 0.385 bits per heavy atom. The number of nitrogens with zero attached hydrogens (tertiary/aromatic N) is 1. The highest BCUT2D eigenvalue weighted by atomic mass is 15.0. The first-order chi connectivity index (χ1) is 24.1. The molecule has 1 nitrogen and oxygen atoms in total. The van der Waals surface area contributed by atoms with Gasteiger partial charge >= 0.3 is 0 Å². The first-order valence-electron chi connectivity index (χ1n) is 19.5. The first kappa shape index (κ1) is 36.3. The molecule has 2 aliphatic rings. The zero-order valence-electron chi connectivity index (χ0n) is 34.7. The normalized spacial score (nSPS) is 19.6. The lowest BCUT2D eigenvalue weighted by Gasteiger charge is -2.44. The standard InChI is InChI=1S/C37H47N.C14H14/c1-22-14-16-23(17-15-22)38-30-20-28-26(32(2,3)36(10,11)34(28,6)7)18-24(30)25-19-27-29(21-31(25)38)35(8,9)37(12,13)33(27,4)5;1-11-7-3-5-9-13(11)14-10-6-4-8-12(14)2/h14-21H,1-13H3;3-10H,1-2H3. The van der Waals surface area contributed by atoms with E-state index in [0.717, 1.165) is 0 Å². The van der Waals surface area contributed by atoms with E-state index in [2.05, 4.69) is 205 Å². The Balaban J connectivity index is 0.000000251. The average Bonchev–Trinajstić information content (AvgIpc) is 3.48. The average molecular weight is 688 g/mol. The number of hydrogen-bond donors (Lipinski definition) is 0. The van der Waals surface area contributed by atoms with Crippen molar-refractivity contribution in [3.63, 3.8) is 0 Å². The van der Waals surface area contributed by atoms with Crippen molar-refractivity contribution < 1.29 is 0 Å². The van der Waals surface area contributed by atoms with E-state index in [0.29, 0.717) is 0 Å². The molecule has 1 heterocycles. The Morgan fingerprint density at radius 3 is 1.06 bits per heavy atom. The minimum Gasteiger partial charge on any atom is -0.309 e. The number of benzene rings is 5. The maximum Gasteiger partial charge on any atom is 0.0544 e. The van der Waals surface area contributed by atoms with Crippen LogP contribution < -0.4 is 0 Å². The molecule has 8 rings (SSSR count). The van der Waals surface area contributed by atoms with Crippen LogP contribution >= 0.6 is 0 Å². The highest BCUT2D eigenvalue weighted by Crippen LogP contribution is 2.64.